The van der Waals surface area contributed by atoms with Gasteiger partial charge in [0.25, 0.3) is 0 Å². The predicted octanol–water partition coefficient (Wildman–Crippen LogP) is 3.76. The minimum absolute atomic E-state index is 0. The lowest BCUT2D eigenvalue weighted by Gasteiger charge is -2.15. The van der Waals surface area contributed by atoms with Crippen LogP contribution < -0.4 is 20.1 Å². The topological polar surface area (TPSA) is 72.7 Å². The molecule has 0 saturated carbocycles. The molecule has 2 N–H and O–H groups in total. The van der Waals surface area contributed by atoms with Gasteiger partial charge in [0, 0.05) is 43.7 Å². The number of ether oxygens (including phenoxy) is 2. The van der Waals surface area contributed by atoms with Crippen LogP contribution in [0, 0.1) is 0 Å². The number of nitrogens with one attached hydrogen (secondary N) is 2. The molecule has 2 aromatic rings. The van der Waals surface area contributed by atoms with Gasteiger partial charge < -0.3 is 20.1 Å². The van der Waals surface area contributed by atoms with E-state index < -0.39 is 0 Å². The number of hydrogen-bond donors (Lipinski definition) is 2. The number of nitrogens with zero attached hydrogens (tertiary/aromatic N) is 3. The molecule has 156 valence electrons. The van der Waals surface area contributed by atoms with Crippen LogP contribution in [0.3, 0.4) is 0 Å². The van der Waals surface area contributed by atoms with Gasteiger partial charge in [0.1, 0.15) is 0 Å². The number of aliphatic imine (C=N–C) groups is 1. The highest BCUT2D eigenvalue weighted by molar-refractivity contribution is 14.0. The zero-order chi connectivity index (χ0) is 19.8. The van der Waals surface area contributed by atoms with Crippen molar-refractivity contribution in [3.05, 3.63) is 35.2 Å². The molecular formula is C20H32IN5O2. The Morgan fingerprint density at radius 1 is 1.18 bits per heavy atom. The summed E-state index contributed by atoms with van der Waals surface area (Å²) in [5.74, 6) is 2.10. The first-order valence-electron chi connectivity index (χ1n) is 9.39. The Balaban J connectivity index is 0.00000392. The highest BCUT2D eigenvalue weighted by Crippen LogP contribution is 2.30. The highest BCUT2D eigenvalue weighted by Gasteiger charge is 2.14. The average molecular weight is 501 g/mol. The van der Waals surface area contributed by atoms with Crippen molar-refractivity contribution in [2.75, 3.05) is 26.1 Å². The van der Waals surface area contributed by atoms with Gasteiger partial charge >= 0.3 is 0 Å². The van der Waals surface area contributed by atoms with Gasteiger partial charge in [-0.2, -0.15) is 5.10 Å². The van der Waals surface area contributed by atoms with E-state index in [1.165, 1.54) is 11.3 Å². The van der Waals surface area contributed by atoms with Crippen molar-refractivity contribution >= 4 is 35.6 Å². The minimum atomic E-state index is 0. The van der Waals surface area contributed by atoms with Gasteiger partial charge in [-0.3, -0.25) is 9.67 Å². The van der Waals surface area contributed by atoms with Gasteiger partial charge in [0.15, 0.2) is 17.5 Å². The molecule has 0 saturated heterocycles. The molecule has 0 atom stereocenters. The van der Waals surface area contributed by atoms with Gasteiger partial charge in [-0.25, -0.2) is 0 Å². The van der Waals surface area contributed by atoms with Crippen molar-refractivity contribution in [2.45, 2.75) is 40.2 Å². The number of aromatic nitrogens is 2. The van der Waals surface area contributed by atoms with E-state index in [0.717, 1.165) is 30.0 Å². The molecule has 0 radical (unpaired) electrons. The molecule has 0 aliphatic carbocycles. The Kier molecular flexibility index (Phi) is 10.1. The van der Waals surface area contributed by atoms with E-state index in [-0.39, 0.29) is 24.0 Å². The maximum absolute atomic E-state index is 5.56. The average Bonchev–Trinajstić information content (AvgIpc) is 3.00. The molecule has 28 heavy (non-hydrogen) atoms. The molecule has 8 heteroatoms. The van der Waals surface area contributed by atoms with E-state index >= 15 is 0 Å². The van der Waals surface area contributed by atoms with E-state index in [9.17, 15) is 0 Å². The van der Waals surface area contributed by atoms with Crippen LogP contribution in [0.15, 0.2) is 23.2 Å². The SMILES string of the molecule is CCOc1ccc(NC(=NC)NCc2c(CC)nn(C)c2CC)cc1OC.I. The zero-order valence-electron chi connectivity index (χ0n) is 17.6. The molecule has 0 bridgehead atoms. The quantitative estimate of drug-likeness (QED) is 0.328. The Hall–Kier alpha value is -1.97. The fourth-order valence-corrected chi connectivity index (χ4v) is 3.10. The normalized spacial score (nSPS) is 11.0. The summed E-state index contributed by atoms with van der Waals surface area (Å²) in [4.78, 5) is 4.33. The summed E-state index contributed by atoms with van der Waals surface area (Å²) >= 11 is 0. The highest BCUT2D eigenvalue weighted by atomic mass is 127. The van der Waals surface area contributed by atoms with E-state index in [1.54, 1.807) is 14.2 Å². The molecule has 0 fully saturated rings. The van der Waals surface area contributed by atoms with Crippen molar-refractivity contribution in [3.63, 3.8) is 0 Å². The van der Waals surface area contributed by atoms with Crippen LogP contribution >= 0.6 is 24.0 Å². The van der Waals surface area contributed by atoms with Crippen LogP contribution in [-0.4, -0.2) is 36.5 Å². The lowest BCUT2D eigenvalue weighted by atomic mass is 10.1. The number of rotatable bonds is 8. The minimum Gasteiger partial charge on any atom is -0.493 e. The van der Waals surface area contributed by atoms with Crippen molar-refractivity contribution < 1.29 is 9.47 Å². The Labute approximate surface area is 184 Å². The summed E-state index contributed by atoms with van der Waals surface area (Å²) in [5.41, 5.74) is 4.49. The molecule has 0 spiro atoms. The molecule has 0 aliphatic heterocycles. The van der Waals surface area contributed by atoms with Gasteiger partial charge in [-0.15, -0.1) is 24.0 Å². The number of methoxy groups -OCH3 is 1. The van der Waals surface area contributed by atoms with Crippen molar-refractivity contribution in [1.29, 1.82) is 0 Å². The van der Waals surface area contributed by atoms with Crippen LogP contribution in [0.5, 0.6) is 11.5 Å². The summed E-state index contributed by atoms with van der Waals surface area (Å²) in [6, 6.07) is 5.74. The number of guanidine groups is 1. The maximum atomic E-state index is 5.56. The van der Waals surface area contributed by atoms with Crippen LogP contribution in [0.4, 0.5) is 5.69 Å². The third kappa shape index (κ3) is 5.76. The smallest absolute Gasteiger partial charge is 0.195 e. The monoisotopic (exact) mass is 501 g/mol. The van der Waals surface area contributed by atoms with Crippen LogP contribution in [0.2, 0.25) is 0 Å². The predicted molar refractivity (Wildman–Crippen MR) is 125 cm³/mol. The van der Waals surface area contributed by atoms with E-state index in [2.05, 4.69) is 34.6 Å². The summed E-state index contributed by atoms with van der Waals surface area (Å²) in [7, 11) is 5.39. The van der Waals surface area contributed by atoms with Crippen LogP contribution in [-0.2, 0) is 26.4 Å². The van der Waals surface area contributed by atoms with E-state index in [0.29, 0.717) is 24.9 Å². The summed E-state index contributed by atoms with van der Waals surface area (Å²) in [5, 5.41) is 11.3. The molecule has 0 aliphatic rings. The van der Waals surface area contributed by atoms with Gasteiger partial charge in [-0.05, 0) is 31.9 Å². The molecule has 2 rings (SSSR count). The second kappa shape index (κ2) is 11.8. The molecular weight excluding hydrogens is 469 g/mol. The van der Waals surface area contributed by atoms with Gasteiger partial charge in [-0.1, -0.05) is 13.8 Å². The van der Waals surface area contributed by atoms with Crippen molar-refractivity contribution in [1.82, 2.24) is 15.1 Å². The zero-order valence-corrected chi connectivity index (χ0v) is 20.0. The second-order valence-corrected chi connectivity index (χ2v) is 6.05. The first-order chi connectivity index (χ1) is 13.1. The third-order valence-electron chi connectivity index (χ3n) is 4.41. The largest absolute Gasteiger partial charge is 0.493 e. The first-order valence-corrected chi connectivity index (χ1v) is 9.39. The lowest BCUT2D eigenvalue weighted by Crippen LogP contribution is -2.30. The van der Waals surface area contributed by atoms with E-state index in [4.69, 9.17) is 9.47 Å². The summed E-state index contributed by atoms with van der Waals surface area (Å²) in [6.45, 7) is 7.50. The Morgan fingerprint density at radius 3 is 2.50 bits per heavy atom. The first kappa shape index (κ1) is 24.1. The number of anilines is 1. The fourth-order valence-electron chi connectivity index (χ4n) is 3.10. The summed E-state index contributed by atoms with van der Waals surface area (Å²) < 4.78 is 13.0. The molecule has 0 amide bonds. The standard InChI is InChI=1S/C20H31N5O2.HI/c1-7-16-15(17(8-2)25(5)24-16)13-22-20(21-4)23-14-10-11-18(27-9-3)19(12-14)26-6;/h10-12H,7-9,13H2,1-6H3,(H2,21,22,23);1H. The van der Waals surface area contributed by atoms with Crippen LogP contribution in [0.25, 0.3) is 0 Å². The Morgan fingerprint density at radius 2 is 1.93 bits per heavy atom. The molecule has 1 aromatic heterocycles. The number of benzene rings is 1. The number of hydrogen-bond acceptors (Lipinski definition) is 4. The second-order valence-electron chi connectivity index (χ2n) is 6.05. The molecule has 1 heterocycles. The fraction of sp³-hybridized carbons (Fsp3) is 0.500. The maximum Gasteiger partial charge on any atom is 0.195 e. The number of aryl methyl sites for hydroxylation is 2. The van der Waals surface area contributed by atoms with Gasteiger partial charge in [0.2, 0.25) is 0 Å². The summed E-state index contributed by atoms with van der Waals surface area (Å²) in [6.07, 6.45) is 1.86. The molecule has 0 unspecified atom stereocenters. The Bertz CT molecular complexity index is 789. The van der Waals surface area contributed by atoms with E-state index in [1.807, 2.05) is 36.9 Å². The van der Waals surface area contributed by atoms with Crippen LogP contribution in [0.1, 0.15) is 37.7 Å². The molecule has 1 aromatic carbocycles. The van der Waals surface area contributed by atoms with Crippen molar-refractivity contribution in [3.8, 4) is 11.5 Å². The van der Waals surface area contributed by atoms with Crippen molar-refractivity contribution in [2.24, 2.45) is 12.0 Å². The molecule has 7 nitrogen and oxygen atoms in total. The number of halogens is 1. The lowest BCUT2D eigenvalue weighted by molar-refractivity contribution is 0.311. The third-order valence-corrected chi connectivity index (χ3v) is 4.41. The van der Waals surface area contributed by atoms with Gasteiger partial charge in [0.05, 0.1) is 19.4 Å².